The Hall–Kier alpha value is -2.85. The minimum absolute atomic E-state index is 0.277. The monoisotopic (exact) mass is 380 g/mol. The van der Waals surface area contributed by atoms with Gasteiger partial charge in [-0.1, -0.05) is 41.9 Å². The first-order valence-electron chi connectivity index (χ1n) is 8.72. The molecule has 0 spiro atoms. The van der Waals surface area contributed by atoms with Crippen LogP contribution in [0.3, 0.4) is 0 Å². The lowest BCUT2D eigenvalue weighted by atomic mass is 10.1. The van der Waals surface area contributed by atoms with Gasteiger partial charge in [0.2, 0.25) is 0 Å². The van der Waals surface area contributed by atoms with Crippen molar-refractivity contribution in [2.75, 3.05) is 0 Å². The van der Waals surface area contributed by atoms with Gasteiger partial charge in [0.25, 0.3) is 11.7 Å². The van der Waals surface area contributed by atoms with Gasteiger partial charge >= 0.3 is 0 Å². The van der Waals surface area contributed by atoms with Crippen LogP contribution < -0.4 is 5.32 Å². The van der Waals surface area contributed by atoms with E-state index in [-0.39, 0.29) is 6.54 Å². The second kappa shape index (κ2) is 8.23. The molecule has 3 rings (SSSR count). The zero-order chi connectivity index (χ0) is 19.4. The van der Waals surface area contributed by atoms with Gasteiger partial charge in [-0.3, -0.25) is 9.59 Å². The third-order valence-corrected chi connectivity index (χ3v) is 4.81. The molecule has 27 heavy (non-hydrogen) atoms. The highest BCUT2D eigenvalue weighted by molar-refractivity contribution is 6.42. The number of aryl methyl sites for hydroxylation is 2. The highest BCUT2D eigenvalue weighted by atomic mass is 35.5. The Morgan fingerprint density at radius 2 is 1.67 bits per heavy atom. The minimum Gasteiger partial charge on any atom is -0.345 e. The van der Waals surface area contributed by atoms with Gasteiger partial charge in [-0.15, -0.1) is 0 Å². The number of ketones is 1. The first kappa shape index (κ1) is 18.9. The summed E-state index contributed by atoms with van der Waals surface area (Å²) in [6.07, 6.45) is 1.81. The first-order chi connectivity index (χ1) is 12.9. The van der Waals surface area contributed by atoms with Crippen molar-refractivity contribution in [2.45, 2.75) is 26.9 Å². The molecule has 4 nitrogen and oxygen atoms in total. The lowest BCUT2D eigenvalue weighted by molar-refractivity contribution is -0.117. The SMILES string of the molecule is Cc1ccc(Cn2cccc2C(=O)C(=O)NCc2ccc(Cl)cc2)cc1C. The number of halogens is 1. The summed E-state index contributed by atoms with van der Waals surface area (Å²) < 4.78 is 1.80. The number of carbonyl (C=O) groups is 2. The predicted octanol–water partition coefficient (Wildman–Crippen LogP) is 4.31. The second-order valence-corrected chi connectivity index (χ2v) is 7.01. The Kier molecular flexibility index (Phi) is 5.77. The average molecular weight is 381 g/mol. The number of Topliss-reactive ketones (excluding diaryl/α,β-unsaturated/α-hetero) is 1. The summed E-state index contributed by atoms with van der Waals surface area (Å²) in [5.74, 6) is -1.16. The van der Waals surface area contributed by atoms with Crippen molar-refractivity contribution in [1.29, 1.82) is 0 Å². The highest BCUT2D eigenvalue weighted by Crippen LogP contribution is 2.14. The fourth-order valence-corrected chi connectivity index (χ4v) is 2.96. The number of nitrogens with one attached hydrogen (secondary N) is 1. The van der Waals surface area contributed by atoms with Gasteiger partial charge in [0.05, 0.1) is 5.69 Å². The van der Waals surface area contributed by atoms with Crippen LogP contribution in [0.5, 0.6) is 0 Å². The van der Waals surface area contributed by atoms with Crippen LogP contribution in [-0.2, 0) is 17.9 Å². The van der Waals surface area contributed by atoms with Crippen LogP contribution in [0.25, 0.3) is 0 Å². The molecule has 138 valence electrons. The molecule has 0 aliphatic heterocycles. The molecule has 2 aromatic carbocycles. The minimum atomic E-state index is -0.620. The van der Waals surface area contributed by atoms with E-state index in [0.29, 0.717) is 17.3 Å². The molecule has 0 saturated carbocycles. The van der Waals surface area contributed by atoms with Crippen LogP contribution in [0.4, 0.5) is 0 Å². The molecule has 5 heteroatoms. The van der Waals surface area contributed by atoms with Crippen LogP contribution >= 0.6 is 11.6 Å². The Morgan fingerprint density at radius 3 is 2.37 bits per heavy atom. The lowest BCUT2D eigenvalue weighted by Gasteiger charge is -2.11. The van der Waals surface area contributed by atoms with Crippen molar-refractivity contribution in [1.82, 2.24) is 9.88 Å². The number of rotatable bonds is 6. The quantitative estimate of drug-likeness (QED) is 0.512. The fraction of sp³-hybridized carbons (Fsp3) is 0.182. The molecule has 3 aromatic rings. The summed E-state index contributed by atoms with van der Waals surface area (Å²) in [7, 11) is 0. The van der Waals surface area contributed by atoms with Gasteiger partial charge in [-0.2, -0.15) is 0 Å². The molecule has 0 saturated heterocycles. The number of hydrogen-bond donors (Lipinski definition) is 1. The van der Waals surface area contributed by atoms with Gasteiger partial charge in [0, 0.05) is 24.3 Å². The van der Waals surface area contributed by atoms with E-state index in [9.17, 15) is 9.59 Å². The van der Waals surface area contributed by atoms with E-state index in [1.54, 1.807) is 28.8 Å². The molecule has 0 radical (unpaired) electrons. The Morgan fingerprint density at radius 1 is 0.963 bits per heavy atom. The maximum Gasteiger partial charge on any atom is 0.294 e. The standard InChI is InChI=1S/C22H21ClN2O2/c1-15-5-6-18(12-16(15)2)14-25-11-3-4-20(25)21(26)22(27)24-13-17-7-9-19(23)10-8-17/h3-12H,13-14H2,1-2H3,(H,24,27). The smallest absolute Gasteiger partial charge is 0.294 e. The molecule has 0 aliphatic carbocycles. The van der Waals surface area contributed by atoms with Crippen molar-refractivity contribution in [2.24, 2.45) is 0 Å². The van der Waals surface area contributed by atoms with E-state index in [2.05, 4.69) is 31.3 Å². The Bertz CT molecular complexity index is 974. The van der Waals surface area contributed by atoms with Crippen molar-refractivity contribution in [3.8, 4) is 0 Å². The average Bonchev–Trinajstić information content (AvgIpc) is 3.11. The van der Waals surface area contributed by atoms with Gasteiger partial charge in [-0.25, -0.2) is 0 Å². The summed E-state index contributed by atoms with van der Waals surface area (Å²) in [5, 5.41) is 3.30. The van der Waals surface area contributed by atoms with E-state index in [1.165, 1.54) is 11.1 Å². The van der Waals surface area contributed by atoms with E-state index in [0.717, 1.165) is 11.1 Å². The predicted molar refractivity (Wildman–Crippen MR) is 107 cm³/mol. The van der Waals surface area contributed by atoms with Crippen LogP contribution in [0, 0.1) is 13.8 Å². The molecule has 1 aromatic heterocycles. The zero-order valence-electron chi connectivity index (χ0n) is 15.3. The van der Waals surface area contributed by atoms with Crippen molar-refractivity contribution >= 4 is 23.3 Å². The highest BCUT2D eigenvalue weighted by Gasteiger charge is 2.19. The van der Waals surface area contributed by atoms with Crippen LogP contribution in [0.15, 0.2) is 60.8 Å². The summed E-state index contributed by atoms with van der Waals surface area (Å²) in [6, 6.07) is 16.8. The van der Waals surface area contributed by atoms with E-state index in [1.807, 2.05) is 24.4 Å². The number of benzene rings is 2. The summed E-state index contributed by atoms with van der Waals surface area (Å²) >= 11 is 5.85. The largest absolute Gasteiger partial charge is 0.345 e. The van der Waals surface area contributed by atoms with Crippen LogP contribution in [-0.4, -0.2) is 16.3 Å². The molecule has 0 bridgehead atoms. The van der Waals surface area contributed by atoms with E-state index >= 15 is 0 Å². The maximum absolute atomic E-state index is 12.6. The zero-order valence-corrected chi connectivity index (χ0v) is 16.1. The third kappa shape index (κ3) is 4.66. The van der Waals surface area contributed by atoms with Gasteiger partial charge in [-0.05, 0) is 60.4 Å². The Balaban J connectivity index is 1.68. The molecular formula is C22H21ClN2O2. The third-order valence-electron chi connectivity index (χ3n) is 4.56. The lowest BCUT2D eigenvalue weighted by Crippen LogP contribution is -2.32. The molecule has 0 atom stereocenters. The first-order valence-corrected chi connectivity index (χ1v) is 9.10. The maximum atomic E-state index is 12.6. The summed E-state index contributed by atoms with van der Waals surface area (Å²) in [6.45, 7) is 4.94. The molecule has 1 N–H and O–H groups in total. The van der Waals surface area contributed by atoms with Gasteiger partial charge < -0.3 is 9.88 Å². The number of nitrogens with zero attached hydrogens (tertiary/aromatic N) is 1. The molecule has 1 heterocycles. The van der Waals surface area contributed by atoms with Crippen LogP contribution in [0.2, 0.25) is 5.02 Å². The van der Waals surface area contributed by atoms with Crippen LogP contribution in [0.1, 0.15) is 32.7 Å². The molecule has 0 unspecified atom stereocenters. The molecule has 0 aliphatic rings. The van der Waals surface area contributed by atoms with Crippen molar-refractivity contribution in [3.05, 3.63) is 93.8 Å². The van der Waals surface area contributed by atoms with Crippen molar-refractivity contribution < 1.29 is 9.59 Å². The summed E-state index contributed by atoms with van der Waals surface area (Å²) in [5.41, 5.74) is 4.77. The van der Waals surface area contributed by atoms with Crippen molar-refractivity contribution in [3.63, 3.8) is 0 Å². The summed E-state index contributed by atoms with van der Waals surface area (Å²) in [4.78, 5) is 24.8. The van der Waals surface area contributed by atoms with E-state index in [4.69, 9.17) is 11.6 Å². The fourth-order valence-electron chi connectivity index (χ4n) is 2.84. The number of carbonyl (C=O) groups excluding carboxylic acids is 2. The number of aromatic nitrogens is 1. The van der Waals surface area contributed by atoms with Gasteiger partial charge in [0.1, 0.15) is 0 Å². The second-order valence-electron chi connectivity index (χ2n) is 6.58. The normalized spacial score (nSPS) is 10.6. The van der Waals surface area contributed by atoms with Gasteiger partial charge in [0.15, 0.2) is 0 Å². The number of amides is 1. The Labute approximate surface area is 163 Å². The molecule has 1 amide bonds. The molecule has 0 fully saturated rings. The van der Waals surface area contributed by atoms with E-state index < -0.39 is 11.7 Å². The molecular weight excluding hydrogens is 360 g/mol. The topological polar surface area (TPSA) is 51.1 Å². The number of hydrogen-bond acceptors (Lipinski definition) is 2.